The van der Waals surface area contributed by atoms with Gasteiger partial charge in [-0.15, -0.1) is 0 Å². The van der Waals surface area contributed by atoms with Gasteiger partial charge in [0, 0.05) is 23.4 Å². The number of hydrogen-bond acceptors (Lipinski definition) is 3. The summed E-state index contributed by atoms with van der Waals surface area (Å²) in [6.07, 6.45) is 1.06. The van der Waals surface area contributed by atoms with Crippen LogP contribution in [-0.4, -0.2) is 17.3 Å². The van der Waals surface area contributed by atoms with Gasteiger partial charge in [-0.3, -0.25) is 14.4 Å². The molecule has 5 heteroatoms. The average Bonchev–Trinajstić information content (AvgIpc) is 2.35. The molecule has 0 saturated heterocycles. The summed E-state index contributed by atoms with van der Waals surface area (Å²) in [5.74, 6) is -2.33. The standard InChI is InChI=1S/C14H12Cl2O3/c1-7-9(15)6-5-8(13(7)16)14(19)12-10(17)3-2-4-11(12)18/h5-6,12H,2-4H2,1H3. The second-order valence-corrected chi connectivity index (χ2v) is 5.40. The van der Waals surface area contributed by atoms with Crippen LogP contribution in [0.4, 0.5) is 0 Å². The van der Waals surface area contributed by atoms with Crippen molar-refractivity contribution in [3.63, 3.8) is 0 Å². The van der Waals surface area contributed by atoms with Crippen LogP contribution in [0.25, 0.3) is 0 Å². The van der Waals surface area contributed by atoms with E-state index in [1.54, 1.807) is 13.0 Å². The molecule has 0 bridgehead atoms. The Labute approximate surface area is 120 Å². The summed E-state index contributed by atoms with van der Waals surface area (Å²) in [6.45, 7) is 1.69. The predicted octanol–water partition coefficient (Wildman–Crippen LogP) is 3.42. The average molecular weight is 299 g/mol. The van der Waals surface area contributed by atoms with Crippen molar-refractivity contribution in [2.45, 2.75) is 26.2 Å². The summed E-state index contributed by atoms with van der Waals surface area (Å²) in [5, 5.41) is 0.659. The molecule has 3 nitrogen and oxygen atoms in total. The predicted molar refractivity (Wildman–Crippen MR) is 72.9 cm³/mol. The van der Waals surface area contributed by atoms with Crippen LogP contribution in [0, 0.1) is 12.8 Å². The van der Waals surface area contributed by atoms with Crippen molar-refractivity contribution in [3.05, 3.63) is 33.3 Å². The third-order valence-corrected chi connectivity index (χ3v) is 4.23. The maximum absolute atomic E-state index is 12.3. The van der Waals surface area contributed by atoms with E-state index in [9.17, 15) is 14.4 Å². The number of rotatable bonds is 2. The smallest absolute Gasteiger partial charge is 0.182 e. The molecule has 0 N–H and O–H groups in total. The van der Waals surface area contributed by atoms with E-state index in [4.69, 9.17) is 23.2 Å². The minimum Gasteiger partial charge on any atom is -0.298 e. The van der Waals surface area contributed by atoms with E-state index in [1.165, 1.54) is 6.07 Å². The highest BCUT2D eigenvalue weighted by Crippen LogP contribution is 2.30. The molecule has 0 aliphatic heterocycles. The fourth-order valence-electron chi connectivity index (χ4n) is 2.20. The zero-order chi connectivity index (χ0) is 14.2. The lowest BCUT2D eigenvalue weighted by atomic mass is 9.81. The first-order valence-corrected chi connectivity index (χ1v) is 6.73. The van der Waals surface area contributed by atoms with Gasteiger partial charge in [-0.05, 0) is 31.0 Å². The van der Waals surface area contributed by atoms with Gasteiger partial charge in [0.15, 0.2) is 17.3 Å². The normalized spacial score (nSPS) is 16.8. The van der Waals surface area contributed by atoms with Gasteiger partial charge >= 0.3 is 0 Å². The van der Waals surface area contributed by atoms with Crippen molar-refractivity contribution in [3.8, 4) is 0 Å². The Hall–Kier alpha value is -1.19. The Bertz CT molecular complexity index is 562. The zero-order valence-electron chi connectivity index (χ0n) is 10.3. The molecule has 0 aromatic heterocycles. The Morgan fingerprint density at radius 3 is 2.32 bits per heavy atom. The summed E-state index contributed by atoms with van der Waals surface area (Å²) in [7, 11) is 0. The molecule has 0 radical (unpaired) electrons. The molecule has 1 aliphatic rings. The first kappa shape index (κ1) is 14.2. The van der Waals surface area contributed by atoms with Gasteiger partial charge in [0.2, 0.25) is 0 Å². The second kappa shape index (κ2) is 5.43. The summed E-state index contributed by atoms with van der Waals surface area (Å²) < 4.78 is 0. The van der Waals surface area contributed by atoms with Gasteiger partial charge in [0.25, 0.3) is 0 Å². The zero-order valence-corrected chi connectivity index (χ0v) is 11.8. The molecule has 1 aromatic rings. The topological polar surface area (TPSA) is 51.2 Å². The molecule has 1 aliphatic carbocycles. The number of benzene rings is 1. The quantitative estimate of drug-likeness (QED) is 0.621. The highest BCUT2D eigenvalue weighted by atomic mass is 35.5. The van der Waals surface area contributed by atoms with Gasteiger partial charge in [0.1, 0.15) is 5.92 Å². The molecular formula is C14H12Cl2O3. The number of carbonyl (C=O) groups is 3. The Balaban J connectivity index is 2.42. The summed E-state index contributed by atoms with van der Waals surface area (Å²) in [6, 6.07) is 3.02. The molecular weight excluding hydrogens is 287 g/mol. The van der Waals surface area contributed by atoms with Crippen LogP contribution in [0.3, 0.4) is 0 Å². The van der Waals surface area contributed by atoms with Crippen molar-refractivity contribution in [1.82, 2.24) is 0 Å². The van der Waals surface area contributed by atoms with Gasteiger partial charge in [-0.2, -0.15) is 0 Å². The first-order chi connectivity index (χ1) is 8.93. The highest BCUT2D eigenvalue weighted by Gasteiger charge is 2.37. The number of ketones is 3. The van der Waals surface area contributed by atoms with Gasteiger partial charge < -0.3 is 0 Å². The van der Waals surface area contributed by atoms with Gasteiger partial charge in [-0.1, -0.05) is 23.2 Å². The van der Waals surface area contributed by atoms with E-state index >= 15 is 0 Å². The van der Waals surface area contributed by atoms with Crippen LogP contribution in [0.1, 0.15) is 35.2 Å². The molecule has 100 valence electrons. The third kappa shape index (κ3) is 2.58. The van der Waals surface area contributed by atoms with E-state index in [0.717, 1.165) is 0 Å². The molecule has 0 heterocycles. The van der Waals surface area contributed by atoms with Crippen LogP contribution >= 0.6 is 23.2 Å². The Kier molecular flexibility index (Phi) is 4.07. The van der Waals surface area contributed by atoms with E-state index in [-0.39, 0.29) is 35.0 Å². The van der Waals surface area contributed by atoms with Crippen LogP contribution < -0.4 is 0 Å². The van der Waals surface area contributed by atoms with Crippen molar-refractivity contribution in [2.75, 3.05) is 0 Å². The first-order valence-electron chi connectivity index (χ1n) is 5.97. The van der Waals surface area contributed by atoms with Crippen molar-refractivity contribution in [2.24, 2.45) is 5.92 Å². The van der Waals surface area contributed by atoms with Crippen molar-refractivity contribution in [1.29, 1.82) is 0 Å². The van der Waals surface area contributed by atoms with Crippen molar-refractivity contribution >= 4 is 40.6 Å². The monoisotopic (exact) mass is 298 g/mol. The lowest BCUT2D eigenvalue weighted by Gasteiger charge is -2.19. The van der Waals surface area contributed by atoms with Crippen molar-refractivity contribution < 1.29 is 14.4 Å². The lowest BCUT2D eigenvalue weighted by molar-refractivity contribution is -0.133. The minimum atomic E-state index is -1.19. The fraction of sp³-hybridized carbons (Fsp3) is 0.357. The molecule has 1 fully saturated rings. The Morgan fingerprint density at radius 2 is 1.74 bits per heavy atom. The fourth-order valence-corrected chi connectivity index (χ4v) is 2.67. The van der Waals surface area contributed by atoms with Crippen LogP contribution in [0.15, 0.2) is 12.1 Å². The third-order valence-electron chi connectivity index (χ3n) is 3.34. The highest BCUT2D eigenvalue weighted by molar-refractivity contribution is 6.39. The molecule has 1 saturated carbocycles. The number of halogens is 2. The molecule has 1 aromatic carbocycles. The second-order valence-electron chi connectivity index (χ2n) is 4.62. The molecule has 2 rings (SSSR count). The van der Waals surface area contributed by atoms with Gasteiger partial charge in [-0.25, -0.2) is 0 Å². The number of Topliss-reactive ketones (excluding diaryl/α,β-unsaturated/α-hetero) is 3. The molecule has 0 unspecified atom stereocenters. The molecule has 0 amide bonds. The summed E-state index contributed by atoms with van der Waals surface area (Å²) >= 11 is 12.0. The van der Waals surface area contributed by atoms with Crippen LogP contribution in [-0.2, 0) is 9.59 Å². The maximum atomic E-state index is 12.3. The lowest BCUT2D eigenvalue weighted by Crippen LogP contribution is -2.35. The largest absolute Gasteiger partial charge is 0.298 e. The molecule has 0 atom stereocenters. The summed E-state index contributed by atoms with van der Waals surface area (Å²) in [5.41, 5.74) is 0.766. The maximum Gasteiger partial charge on any atom is 0.182 e. The van der Waals surface area contributed by atoms with Gasteiger partial charge in [0.05, 0.1) is 5.02 Å². The molecule has 0 spiro atoms. The van der Waals surface area contributed by atoms with E-state index in [0.29, 0.717) is 17.0 Å². The SMILES string of the molecule is Cc1c(Cl)ccc(C(=O)C2C(=O)CCCC2=O)c1Cl. The minimum absolute atomic E-state index is 0.192. The van der Waals surface area contributed by atoms with Crippen LogP contribution in [0.5, 0.6) is 0 Å². The Morgan fingerprint density at radius 1 is 1.16 bits per heavy atom. The van der Waals surface area contributed by atoms with E-state index < -0.39 is 11.7 Å². The number of hydrogen-bond donors (Lipinski definition) is 0. The molecule has 19 heavy (non-hydrogen) atoms. The number of carbonyl (C=O) groups excluding carboxylic acids is 3. The van der Waals surface area contributed by atoms with E-state index in [1.807, 2.05) is 0 Å². The van der Waals surface area contributed by atoms with E-state index in [2.05, 4.69) is 0 Å². The summed E-state index contributed by atoms with van der Waals surface area (Å²) in [4.78, 5) is 35.9. The van der Waals surface area contributed by atoms with Crippen LogP contribution in [0.2, 0.25) is 10.0 Å².